The van der Waals surface area contributed by atoms with Crippen molar-refractivity contribution in [1.29, 1.82) is 0 Å². The number of hydrogen-bond acceptors (Lipinski definition) is 5. The fourth-order valence-electron chi connectivity index (χ4n) is 3.81. The lowest BCUT2D eigenvalue weighted by atomic mass is 9.99. The van der Waals surface area contributed by atoms with Crippen molar-refractivity contribution in [3.63, 3.8) is 0 Å². The smallest absolute Gasteiger partial charge is 0.191 e. The van der Waals surface area contributed by atoms with Crippen LogP contribution in [0.4, 0.5) is 0 Å². The molecule has 7 heteroatoms. The van der Waals surface area contributed by atoms with Crippen LogP contribution in [0.2, 0.25) is 0 Å². The van der Waals surface area contributed by atoms with E-state index >= 15 is 0 Å². The number of benzene rings is 1. The van der Waals surface area contributed by atoms with Gasteiger partial charge in [-0.25, -0.2) is 4.99 Å². The number of thiophene rings is 1. The first-order chi connectivity index (χ1) is 15.0. The molecule has 1 aliphatic rings. The van der Waals surface area contributed by atoms with Crippen LogP contribution in [0, 0.1) is 0 Å². The van der Waals surface area contributed by atoms with Gasteiger partial charge < -0.3 is 20.6 Å². The Morgan fingerprint density at radius 2 is 1.77 bits per heavy atom. The average Bonchev–Trinajstić information content (AvgIpc) is 3.33. The first kappa shape index (κ1) is 23.7. The molecule has 0 aliphatic carbocycles. The van der Waals surface area contributed by atoms with Gasteiger partial charge in [-0.15, -0.1) is 0 Å². The Hall–Kier alpha value is -1.93. The van der Waals surface area contributed by atoms with Crippen molar-refractivity contribution in [2.45, 2.75) is 39.5 Å². The summed E-state index contributed by atoms with van der Waals surface area (Å²) in [6.07, 6.45) is 0. The molecule has 1 aliphatic heterocycles. The molecule has 1 fully saturated rings. The van der Waals surface area contributed by atoms with Crippen LogP contribution >= 0.6 is 11.3 Å². The monoisotopic (exact) mass is 443 g/mol. The SMILES string of the molecule is CCNC(=NCc1ccccc1CN1CCN(CC)CC1)NCC(C)(O)c1ccsc1. The van der Waals surface area contributed by atoms with Crippen LogP contribution in [0.3, 0.4) is 0 Å². The van der Waals surface area contributed by atoms with Crippen LogP contribution in [-0.2, 0) is 18.7 Å². The molecule has 0 amide bonds. The minimum absolute atomic E-state index is 0.402. The first-order valence-electron chi connectivity index (χ1n) is 11.3. The van der Waals surface area contributed by atoms with Crippen LogP contribution in [0.15, 0.2) is 46.1 Å². The van der Waals surface area contributed by atoms with Gasteiger partial charge >= 0.3 is 0 Å². The molecule has 2 heterocycles. The van der Waals surface area contributed by atoms with Crippen molar-refractivity contribution in [2.75, 3.05) is 45.8 Å². The Morgan fingerprint density at radius 3 is 2.42 bits per heavy atom. The predicted octanol–water partition coefficient (Wildman–Crippen LogP) is 2.85. The van der Waals surface area contributed by atoms with Crippen LogP contribution in [0.1, 0.15) is 37.5 Å². The van der Waals surface area contributed by atoms with Gasteiger partial charge in [0.15, 0.2) is 5.96 Å². The van der Waals surface area contributed by atoms with Gasteiger partial charge in [0.05, 0.1) is 13.1 Å². The van der Waals surface area contributed by atoms with Crippen molar-refractivity contribution in [2.24, 2.45) is 4.99 Å². The van der Waals surface area contributed by atoms with Gasteiger partial charge in [-0.05, 0) is 53.9 Å². The number of likely N-dealkylation sites (N-methyl/N-ethyl adjacent to an activating group) is 1. The second-order valence-corrected chi connectivity index (χ2v) is 9.09. The third kappa shape index (κ3) is 7.04. The maximum atomic E-state index is 10.8. The van der Waals surface area contributed by atoms with E-state index in [2.05, 4.69) is 58.5 Å². The number of piperazine rings is 1. The lowest BCUT2D eigenvalue weighted by molar-refractivity contribution is 0.0621. The molecule has 170 valence electrons. The molecule has 1 saturated heterocycles. The van der Waals surface area contributed by atoms with E-state index < -0.39 is 5.60 Å². The largest absolute Gasteiger partial charge is 0.384 e. The lowest BCUT2D eigenvalue weighted by Gasteiger charge is -2.34. The molecular weight excluding hydrogens is 406 g/mol. The van der Waals surface area contributed by atoms with Crippen molar-refractivity contribution in [3.8, 4) is 0 Å². The molecule has 1 atom stereocenters. The van der Waals surface area contributed by atoms with E-state index in [9.17, 15) is 5.11 Å². The summed E-state index contributed by atoms with van der Waals surface area (Å²) in [6.45, 7) is 14.6. The number of nitrogens with one attached hydrogen (secondary N) is 2. The zero-order valence-electron chi connectivity index (χ0n) is 19.1. The Balaban J connectivity index is 1.61. The van der Waals surface area contributed by atoms with Crippen molar-refractivity contribution >= 4 is 17.3 Å². The molecule has 0 saturated carbocycles. The summed E-state index contributed by atoms with van der Waals surface area (Å²) in [5.74, 6) is 0.726. The second kappa shape index (κ2) is 11.6. The van der Waals surface area contributed by atoms with Crippen molar-refractivity contribution in [3.05, 3.63) is 57.8 Å². The molecule has 3 N–H and O–H groups in total. The zero-order valence-corrected chi connectivity index (χ0v) is 19.9. The van der Waals surface area contributed by atoms with Crippen molar-refractivity contribution < 1.29 is 5.11 Å². The molecule has 31 heavy (non-hydrogen) atoms. The highest BCUT2D eigenvalue weighted by atomic mass is 32.1. The predicted molar refractivity (Wildman–Crippen MR) is 131 cm³/mol. The summed E-state index contributed by atoms with van der Waals surface area (Å²) in [5, 5.41) is 21.4. The maximum absolute atomic E-state index is 10.8. The van der Waals surface area contributed by atoms with E-state index in [1.54, 1.807) is 11.3 Å². The van der Waals surface area contributed by atoms with E-state index in [-0.39, 0.29) is 0 Å². The highest BCUT2D eigenvalue weighted by Crippen LogP contribution is 2.22. The molecule has 1 aromatic heterocycles. The molecule has 6 nitrogen and oxygen atoms in total. The molecular formula is C24H37N5OS. The molecule has 0 radical (unpaired) electrons. The quantitative estimate of drug-likeness (QED) is 0.411. The zero-order chi connectivity index (χ0) is 22.1. The standard InChI is InChI=1S/C24H37N5OS/c1-4-25-23(27-19-24(3,30)22-10-15-31-18-22)26-16-20-8-6-7-9-21(20)17-29-13-11-28(5-2)12-14-29/h6-10,15,18,30H,4-5,11-14,16-17,19H2,1-3H3,(H2,25,26,27). The van der Waals surface area contributed by atoms with Crippen molar-refractivity contribution in [1.82, 2.24) is 20.4 Å². The number of aliphatic imine (C=N–C) groups is 1. The summed E-state index contributed by atoms with van der Waals surface area (Å²) in [7, 11) is 0. The Labute approximate surface area is 191 Å². The van der Waals surface area contributed by atoms with E-state index in [1.807, 2.05) is 23.8 Å². The van der Waals surface area contributed by atoms with E-state index in [4.69, 9.17) is 4.99 Å². The normalized spacial score (nSPS) is 18.0. The van der Waals surface area contributed by atoms with Gasteiger partial charge in [-0.1, -0.05) is 31.2 Å². The minimum Gasteiger partial charge on any atom is -0.384 e. The third-order valence-electron chi connectivity index (χ3n) is 5.92. The van der Waals surface area contributed by atoms with Crippen LogP contribution < -0.4 is 10.6 Å². The van der Waals surface area contributed by atoms with E-state index in [0.717, 1.165) is 57.3 Å². The second-order valence-electron chi connectivity index (χ2n) is 8.31. The lowest BCUT2D eigenvalue weighted by Crippen LogP contribution is -2.45. The highest BCUT2D eigenvalue weighted by molar-refractivity contribution is 7.08. The van der Waals surface area contributed by atoms with Gasteiger partial charge in [-0.2, -0.15) is 11.3 Å². The number of guanidine groups is 1. The molecule has 0 bridgehead atoms. The van der Waals surface area contributed by atoms with Crippen LogP contribution in [0.25, 0.3) is 0 Å². The van der Waals surface area contributed by atoms with E-state index in [1.165, 1.54) is 11.1 Å². The van der Waals surface area contributed by atoms with Gasteiger partial charge in [0.25, 0.3) is 0 Å². The number of nitrogens with zero attached hydrogens (tertiary/aromatic N) is 3. The highest BCUT2D eigenvalue weighted by Gasteiger charge is 2.23. The fraction of sp³-hybridized carbons (Fsp3) is 0.542. The number of hydrogen-bond donors (Lipinski definition) is 3. The van der Waals surface area contributed by atoms with E-state index in [0.29, 0.717) is 13.1 Å². The molecule has 3 rings (SSSR count). The fourth-order valence-corrected chi connectivity index (χ4v) is 4.59. The maximum Gasteiger partial charge on any atom is 0.191 e. The van der Waals surface area contributed by atoms with Crippen LogP contribution in [-0.4, -0.2) is 66.7 Å². The first-order valence-corrected chi connectivity index (χ1v) is 12.2. The van der Waals surface area contributed by atoms with Gasteiger partial charge in [0, 0.05) is 39.3 Å². The summed E-state index contributed by atoms with van der Waals surface area (Å²) >= 11 is 1.60. The Bertz CT molecular complexity index is 813. The van der Waals surface area contributed by atoms with Gasteiger partial charge in [0.2, 0.25) is 0 Å². The molecule has 1 unspecified atom stereocenters. The number of aliphatic hydroxyl groups is 1. The molecule has 0 spiro atoms. The molecule has 1 aromatic carbocycles. The van der Waals surface area contributed by atoms with Crippen LogP contribution in [0.5, 0.6) is 0 Å². The third-order valence-corrected chi connectivity index (χ3v) is 6.60. The summed E-state index contributed by atoms with van der Waals surface area (Å²) < 4.78 is 0. The number of rotatable bonds is 9. The summed E-state index contributed by atoms with van der Waals surface area (Å²) in [6, 6.07) is 10.6. The Morgan fingerprint density at radius 1 is 1.06 bits per heavy atom. The minimum atomic E-state index is -0.936. The summed E-state index contributed by atoms with van der Waals surface area (Å²) in [5.41, 5.74) is 2.59. The van der Waals surface area contributed by atoms with Gasteiger partial charge in [0.1, 0.15) is 5.60 Å². The summed E-state index contributed by atoms with van der Waals surface area (Å²) in [4.78, 5) is 9.85. The van der Waals surface area contributed by atoms with Gasteiger partial charge in [-0.3, -0.25) is 4.90 Å². The topological polar surface area (TPSA) is 63.1 Å². The average molecular weight is 444 g/mol. The Kier molecular flexibility index (Phi) is 8.90. The molecule has 2 aromatic rings.